The van der Waals surface area contributed by atoms with Crippen molar-refractivity contribution in [3.63, 3.8) is 0 Å². The molecule has 1 atom stereocenters. The van der Waals surface area contributed by atoms with Gasteiger partial charge in [0.05, 0.1) is 13.7 Å². The maximum atomic E-state index is 14.0. The predicted octanol–water partition coefficient (Wildman–Crippen LogP) is 10.0. The molecule has 10 heteroatoms. The summed E-state index contributed by atoms with van der Waals surface area (Å²) in [5, 5.41) is 5.14. The lowest BCUT2D eigenvalue weighted by Crippen LogP contribution is -2.69. The molecular formula is C47H54ClNO7Si. The number of alkyl carbamates (subject to hydrolysis) is 1. The van der Waals surface area contributed by atoms with Crippen molar-refractivity contribution in [3.05, 3.63) is 150 Å². The Balaban J connectivity index is 1.38. The number of carbonyl (C=O) groups excluding carboxylic acids is 2. The van der Waals surface area contributed by atoms with Crippen LogP contribution in [0.15, 0.2) is 133 Å². The molecule has 0 aromatic heterocycles. The zero-order valence-corrected chi connectivity index (χ0v) is 35.7. The number of carbonyl (C=O) groups is 2. The van der Waals surface area contributed by atoms with Gasteiger partial charge in [0.25, 0.3) is 8.32 Å². The van der Waals surface area contributed by atoms with Crippen LogP contribution < -0.4 is 25.2 Å². The van der Waals surface area contributed by atoms with Crippen molar-refractivity contribution in [1.29, 1.82) is 0 Å². The Morgan fingerprint density at radius 1 is 0.702 bits per heavy atom. The molecule has 1 unspecified atom stereocenters. The Morgan fingerprint density at radius 3 is 1.84 bits per heavy atom. The molecule has 0 spiro atoms. The van der Waals surface area contributed by atoms with Gasteiger partial charge in [-0.2, -0.15) is 0 Å². The summed E-state index contributed by atoms with van der Waals surface area (Å²) in [6.07, 6.45) is 0.389. The van der Waals surface area contributed by atoms with Gasteiger partial charge in [-0.05, 0) is 90.8 Å². The molecule has 0 aliphatic rings. The monoisotopic (exact) mass is 807 g/mol. The molecule has 5 rings (SSSR count). The molecule has 0 aliphatic carbocycles. The van der Waals surface area contributed by atoms with Gasteiger partial charge in [-0.25, -0.2) is 9.59 Å². The first-order chi connectivity index (χ1) is 27.1. The third kappa shape index (κ3) is 11.3. The fourth-order valence-corrected chi connectivity index (χ4v) is 11.8. The first-order valence-electron chi connectivity index (χ1n) is 19.2. The molecule has 0 radical (unpaired) electrons. The summed E-state index contributed by atoms with van der Waals surface area (Å²) < 4.78 is 30.5. The van der Waals surface area contributed by atoms with Crippen molar-refractivity contribution in [2.45, 2.75) is 83.6 Å². The summed E-state index contributed by atoms with van der Waals surface area (Å²) in [6, 6.07) is 43.2. The number of benzene rings is 5. The van der Waals surface area contributed by atoms with Gasteiger partial charge in [-0.3, -0.25) is 0 Å². The van der Waals surface area contributed by atoms with E-state index in [-0.39, 0.29) is 18.1 Å². The summed E-state index contributed by atoms with van der Waals surface area (Å²) in [4.78, 5) is 27.6. The average Bonchev–Trinajstić information content (AvgIpc) is 3.18. The number of hydrogen-bond donors (Lipinski definition) is 1. The number of esters is 1. The van der Waals surface area contributed by atoms with Crippen LogP contribution in [0, 0.1) is 0 Å². The number of ether oxygens (including phenoxy) is 4. The number of hydrogen-bond acceptors (Lipinski definition) is 7. The molecule has 1 N–H and O–H groups in total. The van der Waals surface area contributed by atoms with Crippen LogP contribution in [-0.2, 0) is 31.7 Å². The molecule has 57 heavy (non-hydrogen) atoms. The number of methoxy groups -OCH3 is 1. The third-order valence-corrected chi connectivity index (χ3v) is 15.0. The highest BCUT2D eigenvalue weighted by Crippen LogP contribution is 2.38. The van der Waals surface area contributed by atoms with Crippen molar-refractivity contribution in [1.82, 2.24) is 5.32 Å². The lowest BCUT2D eigenvalue weighted by molar-refractivity contribution is -0.150. The summed E-state index contributed by atoms with van der Waals surface area (Å²) in [7, 11) is -1.82. The van der Waals surface area contributed by atoms with Gasteiger partial charge in [-0.15, -0.1) is 0 Å². The molecule has 1 amide bonds. The molecular weight excluding hydrogens is 754 g/mol. The van der Waals surface area contributed by atoms with E-state index in [4.69, 9.17) is 35.0 Å². The van der Waals surface area contributed by atoms with Crippen LogP contribution in [0.4, 0.5) is 4.79 Å². The molecule has 0 saturated carbocycles. The van der Waals surface area contributed by atoms with Gasteiger partial charge in [0, 0.05) is 11.1 Å². The first kappa shape index (κ1) is 43.0. The quantitative estimate of drug-likeness (QED) is 0.0784. The highest BCUT2D eigenvalue weighted by atomic mass is 35.5. The van der Waals surface area contributed by atoms with Crippen molar-refractivity contribution < 1.29 is 33.0 Å². The van der Waals surface area contributed by atoms with E-state index in [0.29, 0.717) is 41.7 Å². The second kappa shape index (κ2) is 18.9. The molecule has 0 fully saturated rings. The molecule has 5 aromatic rings. The topological polar surface area (TPSA) is 92.3 Å². The minimum absolute atomic E-state index is 0.152. The van der Waals surface area contributed by atoms with Crippen molar-refractivity contribution in [2.24, 2.45) is 0 Å². The standard InChI is InChI=1S/C47H54ClNO7Si/c1-45(2,3)56-44(51)49-47(43(50)52-7,34-54-57(46(4,5)6,40-24-13-9-14-25-40)41-26-15-10-16-27-41)30-18-21-36-28-29-39(32-42(36)48)55-38-23-17-22-37(31-38)53-33-35-19-11-8-12-20-35/h8-17,19-20,22-29,31-32H,18,21,30,33-34H2,1-7H3,(H,49,51). The molecule has 5 aromatic carbocycles. The largest absolute Gasteiger partial charge is 0.489 e. The fraction of sp³-hybridized carbons (Fsp3) is 0.319. The van der Waals surface area contributed by atoms with Gasteiger partial charge in [-0.1, -0.05) is 136 Å². The van der Waals surface area contributed by atoms with Crippen molar-refractivity contribution >= 4 is 42.4 Å². The number of halogens is 1. The molecule has 0 aliphatic heterocycles. The van der Waals surface area contributed by atoms with Gasteiger partial charge in [0.1, 0.15) is 29.5 Å². The summed E-state index contributed by atoms with van der Waals surface area (Å²) in [6.45, 7) is 12.1. The summed E-state index contributed by atoms with van der Waals surface area (Å²) >= 11 is 6.84. The van der Waals surface area contributed by atoms with E-state index >= 15 is 0 Å². The Labute approximate surface area is 343 Å². The highest BCUT2D eigenvalue weighted by molar-refractivity contribution is 6.99. The first-order valence-corrected chi connectivity index (χ1v) is 21.5. The van der Waals surface area contributed by atoms with Crippen LogP contribution in [0.3, 0.4) is 0 Å². The Kier molecular flexibility index (Phi) is 14.3. The highest BCUT2D eigenvalue weighted by Gasteiger charge is 2.53. The SMILES string of the molecule is COC(=O)C(CCCc1ccc(Oc2cccc(OCc3ccccc3)c2)cc1Cl)(CO[Si](c1ccccc1)(c1ccccc1)C(C)(C)C)NC(=O)OC(C)(C)C. The lowest BCUT2D eigenvalue weighted by Gasteiger charge is -2.45. The normalized spacial score (nSPS) is 12.9. The second-order valence-corrected chi connectivity index (χ2v) is 20.8. The zero-order valence-electron chi connectivity index (χ0n) is 34.0. The minimum atomic E-state index is -3.13. The Morgan fingerprint density at radius 2 is 1.28 bits per heavy atom. The number of rotatable bonds is 16. The number of amides is 1. The smallest absolute Gasteiger partial charge is 0.408 e. The third-order valence-electron chi connectivity index (χ3n) is 9.63. The minimum Gasteiger partial charge on any atom is -0.489 e. The summed E-state index contributed by atoms with van der Waals surface area (Å²) in [5.41, 5.74) is -0.471. The van der Waals surface area contributed by atoms with Crippen LogP contribution in [0.5, 0.6) is 17.2 Å². The molecule has 0 saturated heterocycles. The molecule has 300 valence electrons. The summed E-state index contributed by atoms with van der Waals surface area (Å²) in [5.74, 6) is 1.24. The maximum Gasteiger partial charge on any atom is 0.408 e. The van der Waals surface area contributed by atoms with Crippen LogP contribution >= 0.6 is 11.6 Å². The van der Waals surface area contributed by atoms with Crippen LogP contribution in [0.1, 0.15) is 65.5 Å². The Bertz CT molecular complexity index is 2030. The Hall–Kier alpha value is -5.09. The van der Waals surface area contributed by atoms with E-state index in [0.717, 1.165) is 21.5 Å². The fourth-order valence-electron chi connectivity index (χ4n) is 6.95. The predicted molar refractivity (Wildman–Crippen MR) is 229 cm³/mol. The second-order valence-electron chi connectivity index (χ2n) is 16.1. The van der Waals surface area contributed by atoms with E-state index in [1.165, 1.54) is 7.11 Å². The van der Waals surface area contributed by atoms with E-state index in [1.54, 1.807) is 26.8 Å². The number of nitrogens with one attached hydrogen (secondary N) is 1. The molecule has 0 heterocycles. The number of aryl methyl sites for hydroxylation is 1. The van der Waals surface area contributed by atoms with Gasteiger partial charge in [0.2, 0.25) is 0 Å². The van der Waals surface area contributed by atoms with Crippen LogP contribution in [-0.4, -0.2) is 45.2 Å². The maximum absolute atomic E-state index is 14.0. The van der Waals surface area contributed by atoms with E-state index in [1.807, 2.05) is 103 Å². The van der Waals surface area contributed by atoms with Crippen molar-refractivity contribution in [3.8, 4) is 17.2 Å². The van der Waals surface area contributed by atoms with E-state index in [2.05, 4.69) is 50.4 Å². The molecule has 8 nitrogen and oxygen atoms in total. The van der Waals surface area contributed by atoms with Crippen LogP contribution in [0.2, 0.25) is 10.1 Å². The lowest BCUT2D eigenvalue weighted by atomic mass is 9.92. The zero-order chi connectivity index (χ0) is 41.1. The van der Waals surface area contributed by atoms with E-state index < -0.39 is 31.5 Å². The van der Waals surface area contributed by atoms with Crippen LogP contribution in [0.25, 0.3) is 0 Å². The van der Waals surface area contributed by atoms with E-state index in [9.17, 15) is 9.59 Å². The average molecular weight is 808 g/mol. The van der Waals surface area contributed by atoms with Crippen molar-refractivity contribution in [2.75, 3.05) is 13.7 Å². The van der Waals surface area contributed by atoms with Gasteiger partial charge >= 0.3 is 12.1 Å². The van der Waals surface area contributed by atoms with Gasteiger partial charge in [0.15, 0.2) is 5.54 Å². The van der Waals surface area contributed by atoms with Gasteiger partial charge < -0.3 is 28.7 Å². The molecule has 0 bridgehead atoms.